The Balaban J connectivity index is 2.17. The number of nitrogens with one attached hydrogen (secondary N) is 2. The van der Waals surface area contributed by atoms with E-state index in [1.165, 1.54) is 7.05 Å². The number of furan rings is 1. The first-order chi connectivity index (χ1) is 11.5. The minimum atomic E-state index is -0.630. The summed E-state index contributed by atoms with van der Waals surface area (Å²) in [6, 6.07) is 6.22. The van der Waals surface area contributed by atoms with E-state index in [2.05, 4.69) is 15.6 Å². The Hall–Kier alpha value is -2.67. The molecule has 1 atom stereocenters. The predicted molar refractivity (Wildman–Crippen MR) is 90.0 cm³/mol. The third-order valence-corrected chi connectivity index (χ3v) is 3.62. The van der Waals surface area contributed by atoms with Crippen LogP contribution in [0.15, 0.2) is 34.9 Å². The molecule has 0 aliphatic rings. The van der Waals surface area contributed by atoms with Crippen LogP contribution in [0, 0.1) is 5.92 Å². The molecule has 2 aromatic heterocycles. The lowest BCUT2D eigenvalue weighted by molar-refractivity contribution is -0.123. The molecule has 0 unspecified atom stereocenters. The second kappa shape index (κ2) is 7.74. The highest BCUT2D eigenvalue weighted by Gasteiger charge is 2.25. The fraction of sp³-hybridized carbons (Fsp3) is 0.353. The normalized spacial score (nSPS) is 12.0. The average Bonchev–Trinajstić information content (AvgIpc) is 3.08. The number of pyridine rings is 1. The van der Waals surface area contributed by atoms with Crippen LogP contribution in [0.1, 0.15) is 30.0 Å². The summed E-state index contributed by atoms with van der Waals surface area (Å²) in [6.07, 6.45) is 1.64. The molecule has 0 spiro atoms. The molecule has 0 fully saturated rings. The number of hydrogen-bond donors (Lipinski definition) is 3. The van der Waals surface area contributed by atoms with Gasteiger partial charge in [-0.3, -0.25) is 14.6 Å². The maximum absolute atomic E-state index is 12.3. The summed E-state index contributed by atoms with van der Waals surface area (Å²) in [7, 11) is 1.53. The third kappa shape index (κ3) is 3.99. The summed E-state index contributed by atoms with van der Waals surface area (Å²) < 4.78 is 5.58. The Morgan fingerprint density at radius 3 is 2.67 bits per heavy atom. The van der Waals surface area contributed by atoms with Crippen molar-refractivity contribution in [2.45, 2.75) is 26.4 Å². The van der Waals surface area contributed by atoms with Gasteiger partial charge >= 0.3 is 0 Å². The fourth-order valence-corrected chi connectivity index (χ4v) is 2.24. The molecule has 4 N–H and O–H groups in total. The molecule has 2 amide bonds. The van der Waals surface area contributed by atoms with E-state index in [0.29, 0.717) is 18.0 Å². The van der Waals surface area contributed by atoms with Crippen molar-refractivity contribution in [2.24, 2.45) is 11.7 Å². The van der Waals surface area contributed by atoms with Crippen LogP contribution in [-0.4, -0.2) is 29.9 Å². The summed E-state index contributed by atoms with van der Waals surface area (Å²) in [5.41, 5.74) is 7.13. The van der Waals surface area contributed by atoms with Gasteiger partial charge in [0.05, 0.1) is 0 Å². The SMILES string of the molecule is CNC(=O)[C@@H](NC(=O)c1ccc(-c2cc(CN)ccn2)o1)C(C)C. The minimum Gasteiger partial charge on any atom is -0.449 e. The number of nitrogens with zero attached hydrogens (tertiary/aromatic N) is 1. The molecule has 7 heteroatoms. The van der Waals surface area contributed by atoms with Gasteiger partial charge in [0.15, 0.2) is 11.5 Å². The van der Waals surface area contributed by atoms with Crippen LogP contribution in [0.5, 0.6) is 0 Å². The van der Waals surface area contributed by atoms with Crippen molar-refractivity contribution in [2.75, 3.05) is 7.05 Å². The molecule has 0 radical (unpaired) electrons. The van der Waals surface area contributed by atoms with E-state index in [-0.39, 0.29) is 17.6 Å². The lowest BCUT2D eigenvalue weighted by Crippen LogP contribution is -2.48. The van der Waals surface area contributed by atoms with Crippen molar-refractivity contribution in [1.29, 1.82) is 0 Å². The molecule has 2 rings (SSSR count). The Bertz CT molecular complexity index is 724. The number of aromatic nitrogens is 1. The highest BCUT2D eigenvalue weighted by molar-refractivity contribution is 5.95. The van der Waals surface area contributed by atoms with Crippen LogP contribution >= 0.6 is 0 Å². The molecule has 24 heavy (non-hydrogen) atoms. The number of rotatable bonds is 6. The molecule has 2 heterocycles. The van der Waals surface area contributed by atoms with Crippen LogP contribution in [-0.2, 0) is 11.3 Å². The van der Waals surface area contributed by atoms with E-state index in [9.17, 15) is 9.59 Å². The zero-order valence-electron chi connectivity index (χ0n) is 14.0. The number of carbonyl (C=O) groups is 2. The summed E-state index contributed by atoms with van der Waals surface area (Å²) in [5.74, 6) is -0.150. The topological polar surface area (TPSA) is 110 Å². The van der Waals surface area contributed by atoms with E-state index >= 15 is 0 Å². The highest BCUT2D eigenvalue weighted by atomic mass is 16.4. The van der Waals surface area contributed by atoms with Gasteiger partial charge in [0, 0.05) is 19.8 Å². The molecule has 0 aliphatic heterocycles. The Kier molecular flexibility index (Phi) is 5.70. The number of likely N-dealkylation sites (N-methyl/N-ethyl adjacent to an activating group) is 1. The third-order valence-electron chi connectivity index (χ3n) is 3.62. The number of carbonyl (C=O) groups excluding carboxylic acids is 2. The first-order valence-corrected chi connectivity index (χ1v) is 7.74. The Labute approximate surface area is 140 Å². The van der Waals surface area contributed by atoms with Gasteiger partial charge in [-0.15, -0.1) is 0 Å². The molecule has 2 aromatic rings. The lowest BCUT2D eigenvalue weighted by Gasteiger charge is -2.19. The molecule has 0 saturated carbocycles. The number of nitrogens with two attached hydrogens (primary N) is 1. The van der Waals surface area contributed by atoms with Crippen molar-refractivity contribution < 1.29 is 14.0 Å². The van der Waals surface area contributed by atoms with Gasteiger partial charge in [0.2, 0.25) is 5.91 Å². The van der Waals surface area contributed by atoms with Crippen LogP contribution in [0.4, 0.5) is 0 Å². The van der Waals surface area contributed by atoms with E-state index in [4.69, 9.17) is 10.2 Å². The molecule has 0 aromatic carbocycles. The van der Waals surface area contributed by atoms with Crippen LogP contribution in [0.25, 0.3) is 11.5 Å². The van der Waals surface area contributed by atoms with Crippen LogP contribution in [0.3, 0.4) is 0 Å². The van der Waals surface area contributed by atoms with Crippen molar-refractivity contribution in [1.82, 2.24) is 15.6 Å². The Morgan fingerprint density at radius 2 is 2.04 bits per heavy atom. The maximum atomic E-state index is 12.3. The monoisotopic (exact) mass is 330 g/mol. The molecular weight excluding hydrogens is 308 g/mol. The van der Waals surface area contributed by atoms with Gasteiger partial charge in [-0.05, 0) is 35.7 Å². The van der Waals surface area contributed by atoms with Crippen molar-refractivity contribution >= 4 is 11.8 Å². The summed E-state index contributed by atoms with van der Waals surface area (Å²) in [6.45, 7) is 4.11. The molecule has 7 nitrogen and oxygen atoms in total. The standard InChI is InChI=1S/C17H22N4O3/c1-10(2)15(17(23)19-3)21-16(22)14-5-4-13(24-14)12-8-11(9-18)6-7-20-12/h4-8,10,15H,9,18H2,1-3H3,(H,19,23)(H,21,22)/t15-/m0/s1. The second-order valence-electron chi connectivity index (χ2n) is 5.73. The number of hydrogen-bond acceptors (Lipinski definition) is 5. The summed E-state index contributed by atoms with van der Waals surface area (Å²) >= 11 is 0. The van der Waals surface area contributed by atoms with Crippen molar-refractivity contribution in [3.8, 4) is 11.5 Å². The molecular formula is C17H22N4O3. The zero-order valence-corrected chi connectivity index (χ0v) is 14.0. The van der Waals surface area contributed by atoms with E-state index < -0.39 is 11.9 Å². The predicted octanol–water partition coefficient (Wildman–Crippen LogP) is 1.30. The second-order valence-corrected chi connectivity index (χ2v) is 5.73. The van der Waals surface area contributed by atoms with E-state index in [1.54, 1.807) is 18.3 Å². The number of amides is 2. The van der Waals surface area contributed by atoms with Crippen LogP contribution < -0.4 is 16.4 Å². The molecule has 0 saturated heterocycles. The van der Waals surface area contributed by atoms with Crippen LogP contribution in [0.2, 0.25) is 0 Å². The van der Waals surface area contributed by atoms with Crippen molar-refractivity contribution in [3.05, 3.63) is 41.8 Å². The van der Waals surface area contributed by atoms with Gasteiger partial charge < -0.3 is 20.8 Å². The quantitative estimate of drug-likeness (QED) is 0.739. The molecule has 128 valence electrons. The largest absolute Gasteiger partial charge is 0.449 e. The first-order valence-electron chi connectivity index (χ1n) is 7.74. The Morgan fingerprint density at radius 1 is 1.29 bits per heavy atom. The summed E-state index contributed by atoms with van der Waals surface area (Å²) in [4.78, 5) is 28.4. The molecule has 0 bridgehead atoms. The highest BCUT2D eigenvalue weighted by Crippen LogP contribution is 2.21. The van der Waals surface area contributed by atoms with Gasteiger partial charge in [-0.25, -0.2) is 0 Å². The van der Waals surface area contributed by atoms with Gasteiger partial charge in [0.1, 0.15) is 11.7 Å². The van der Waals surface area contributed by atoms with Crippen molar-refractivity contribution in [3.63, 3.8) is 0 Å². The maximum Gasteiger partial charge on any atom is 0.287 e. The average molecular weight is 330 g/mol. The van der Waals surface area contributed by atoms with E-state index in [0.717, 1.165) is 5.56 Å². The smallest absolute Gasteiger partial charge is 0.287 e. The van der Waals surface area contributed by atoms with Gasteiger partial charge in [0.25, 0.3) is 5.91 Å². The summed E-state index contributed by atoms with van der Waals surface area (Å²) in [5, 5.41) is 5.23. The lowest BCUT2D eigenvalue weighted by atomic mass is 10.0. The fourth-order valence-electron chi connectivity index (χ4n) is 2.24. The van der Waals surface area contributed by atoms with Gasteiger partial charge in [-0.1, -0.05) is 13.8 Å². The van der Waals surface area contributed by atoms with Gasteiger partial charge in [-0.2, -0.15) is 0 Å². The van der Waals surface area contributed by atoms with E-state index in [1.807, 2.05) is 26.0 Å². The first kappa shape index (κ1) is 17.7. The molecule has 0 aliphatic carbocycles. The zero-order chi connectivity index (χ0) is 17.7. The minimum absolute atomic E-state index is 0.0498.